The molecule has 6 N–H and O–H groups in total. The number of hydrogen-bond donors (Lipinski definition) is 4. The number of pyridine rings is 1. The second-order valence-electron chi connectivity index (χ2n) is 7.80. The number of anilines is 1. The number of hydrogen-bond acceptors (Lipinski definition) is 6. The van der Waals surface area contributed by atoms with E-state index in [9.17, 15) is 13.6 Å². The first-order valence-electron chi connectivity index (χ1n) is 10.4. The van der Waals surface area contributed by atoms with Crippen LogP contribution in [0.2, 0.25) is 0 Å². The molecule has 0 radical (unpaired) electrons. The fourth-order valence-electron chi connectivity index (χ4n) is 3.36. The van der Waals surface area contributed by atoms with Gasteiger partial charge in [-0.05, 0) is 42.5 Å². The molecule has 0 saturated carbocycles. The Morgan fingerprint density at radius 1 is 1.11 bits per heavy atom. The van der Waals surface area contributed by atoms with Crippen LogP contribution >= 0.6 is 0 Å². The molecule has 0 aliphatic rings. The monoisotopic (exact) mass is 509 g/mol. The summed E-state index contributed by atoms with van der Waals surface area (Å²) < 4.78 is 59.4. The van der Waals surface area contributed by atoms with Gasteiger partial charge in [0, 0.05) is 34.6 Å². The van der Waals surface area contributed by atoms with Crippen LogP contribution in [-0.2, 0) is 16.3 Å². The maximum atomic E-state index is 15.7. The Bertz CT molecular complexity index is 1410. The Hall–Kier alpha value is -4.78. The highest BCUT2D eigenvalue weighted by Gasteiger charge is 2.56. The minimum atomic E-state index is -4.01. The van der Waals surface area contributed by atoms with Gasteiger partial charge in [-0.2, -0.15) is 14.0 Å². The van der Waals surface area contributed by atoms with Crippen molar-refractivity contribution >= 4 is 17.9 Å². The van der Waals surface area contributed by atoms with Gasteiger partial charge in [0.1, 0.15) is 22.9 Å². The molecule has 0 aliphatic heterocycles. The summed E-state index contributed by atoms with van der Waals surface area (Å²) in [7, 11) is 0. The highest BCUT2D eigenvalue weighted by atomic mass is 19.3. The van der Waals surface area contributed by atoms with Gasteiger partial charge in [0.2, 0.25) is 0 Å². The summed E-state index contributed by atoms with van der Waals surface area (Å²) in [5.41, 5.74) is 2.89. The molecule has 0 aliphatic carbocycles. The van der Waals surface area contributed by atoms with E-state index in [1.165, 1.54) is 24.3 Å². The maximum Gasteiger partial charge on any atom is 0.326 e. The van der Waals surface area contributed by atoms with Gasteiger partial charge < -0.3 is 11.1 Å². The Kier molecular flexibility index (Phi) is 7.88. The van der Waals surface area contributed by atoms with Crippen molar-refractivity contribution in [3.8, 4) is 17.9 Å². The third-order valence-electron chi connectivity index (χ3n) is 5.25. The number of hydrazine groups is 1. The summed E-state index contributed by atoms with van der Waals surface area (Å²) in [5, 5.41) is 18.6. The summed E-state index contributed by atoms with van der Waals surface area (Å²) in [6.07, 6.45) is 1.62. The molecule has 12 heteroatoms. The predicted molar refractivity (Wildman–Crippen MR) is 127 cm³/mol. The van der Waals surface area contributed by atoms with Gasteiger partial charge in [-0.15, -0.1) is 0 Å². The van der Waals surface area contributed by atoms with Gasteiger partial charge in [-0.1, -0.05) is 17.9 Å². The maximum absolute atomic E-state index is 15.7. The number of carbonyl (C=O) groups excluding carboxylic acids is 1. The van der Waals surface area contributed by atoms with Crippen molar-refractivity contribution in [2.45, 2.75) is 11.5 Å². The van der Waals surface area contributed by atoms with Crippen LogP contribution in [0.3, 0.4) is 0 Å². The molecule has 2 aromatic carbocycles. The molecule has 0 bridgehead atoms. The number of amides is 1. The third-order valence-corrected chi connectivity index (χ3v) is 5.25. The van der Waals surface area contributed by atoms with Crippen LogP contribution < -0.4 is 16.9 Å². The highest BCUT2D eigenvalue weighted by molar-refractivity contribution is 6.02. The zero-order valence-corrected chi connectivity index (χ0v) is 19.0. The molecule has 1 heterocycles. The molecule has 1 aromatic heterocycles. The third kappa shape index (κ3) is 5.90. The van der Waals surface area contributed by atoms with Crippen LogP contribution in [0, 0.1) is 40.2 Å². The van der Waals surface area contributed by atoms with Crippen molar-refractivity contribution in [1.82, 2.24) is 9.99 Å². The molecular formula is C25H19F4N7O. The summed E-state index contributed by atoms with van der Waals surface area (Å²) in [5.74, 6) is 3.96. The first kappa shape index (κ1) is 26.8. The molecule has 3 rings (SSSR count). The zero-order valence-electron chi connectivity index (χ0n) is 19.0. The fraction of sp³-hybridized carbons (Fsp3) is 0.120. The van der Waals surface area contributed by atoms with Crippen LogP contribution in [0.1, 0.15) is 22.4 Å². The number of carbonyl (C=O) groups is 1. The average molecular weight is 509 g/mol. The number of aromatic nitrogens is 1. The van der Waals surface area contributed by atoms with E-state index in [1.807, 2.05) is 0 Å². The van der Waals surface area contributed by atoms with Gasteiger partial charge in [-0.25, -0.2) is 14.6 Å². The van der Waals surface area contributed by atoms with Crippen molar-refractivity contribution in [2.75, 3.05) is 11.9 Å². The normalized spacial score (nSPS) is 12.4. The number of halogens is 4. The number of alkyl halides is 2. The van der Waals surface area contributed by atoms with Crippen molar-refractivity contribution in [2.24, 2.45) is 11.6 Å². The second-order valence-corrected chi connectivity index (χ2v) is 7.80. The van der Waals surface area contributed by atoms with E-state index < -0.39 is 46.8 Å². The van der Waals surface area contributed by atoms with Gasteiger partial charge in [0.25, 0.3) is 0 Å². The molecule has 37 heavy (non-hydrogen) atoms. The number of nitrogens with zero attached hydrogens (tertiary/aromatic N) is 3. The van der Waals surface area contributed by atoms with Gasteiger partial charge in [-0.3, -0.25) is 20.2 Å². The topological polar surface area (TPSA) is 145 Å². The molecule has 1 atom stereocenters. The average Bonchev–Trinajstić information content (AvgIpc) is 2.88. The molecule has 8 nitrogen and oxygen atoms in total. The van der Waals surface area contributed by atoms with E-state index in [0.29, 0.717) is 28.7 Å². The van der Waals surface area contributed by atoms with Crippen LogP contribution in [0.5, 0.6) is 0 Å². The van der Waals surface area contributed by atoms with E-state index in [-0.39, 0.29) is 5.56 Å². The predicted octanol–water partition coefficient (Wildman–Crippen LogP) is 2.95. The largest absolute Gasteiger partial charge is 0.326 e. The standard InChI is InChI=1S/C25H19F4N7O/c26-18-6-9-20(21(27)11-18)24(32,14-36(33)15-31)25(28,29)22-10-5-17(13-34-22)2-1-16-3-7-19(8-4-16)35-23(37)12-30/h3-11,13,15,31H,14,32-33H2,(H,35,37). The molecular weight excluding hydrogens is 490 g/mol. The number of nitrogens with two attached hydrogens (primary N) is 2. The molecule has 188 valence electrons. The molecule has 1 unspecified atom stereocenters. The van der Waals surface area contributed by atoms with Crippen molar-refractivity contribution in [3.05, 3.63) is 94.8 Å². The first-order chi connectivity index (χ1) is 17.5. The molecule has 3 aromatic rings. The lowest BCUT2D eigenvalue weighted by molar-refractivity contribution is -0.111. The van der Waals surface area contributed by atoms with E-state index in [2.05, 4.69) is 22.1 Å². The SMILES string of the molecule is N#CC(=O)Nc1ccc(C#Cc2ccc(C(F)(F)C(N)(CN(N)C=N)c3ccc(F)cc3F)nc2)cc1. The van der Waals surface area contributed by atoms with Crippen molar-refractivity contribution in [1.29, 1.82) is 10.7 Å². The van der Waals surface area contributed by atoms with Gasteiger partial charge >= 0.3 is 11.8 Å². The summed E-state index contributed by atoms with van der Waals surface area (Å²) >= 11 is 0. The minimum absolute atomic E-state index is 0.275. The van der Waals surface area contributed by atoms with E-state index >= 15 is 8.78 Å². The number of rotatable bonds is 7. The smallest absolute Gasteiger partial charge is 0.314 e. The van der Waals surface area contributed by atoms with Gasteiger partial charge in [0.05, 0.1) is 12.9 Å². The highest BCUT2D eigenvalue weighted by Crippen LogP contribution is 2.44. The number of nitriles is 1. The summed E-state index contributed by atoms with van der Waals surface area (Å²) in [6.45, 7) is -0.889. The van der Waals surface area contributed by atoms with Crippen LogP contribution in [-0.4, -0.2) is 28.8 Å². The van der Waals surface area contributed by atoms with Crippen LogP contribution in [0.4, 0.5) is 23.2 Å². The van der Waals surface area contributed by atoms with E-state index in [0.717, 1.165) is 24.4 Å². The Morgan fingerprint density at radius 3 is 2.32 bits per heavy atom. The lowest BCUT2D eigenvalue weighted by Crippen LogP contribution is -2.59. The van der Waals surface area contributed by atoms with E-state index in [4.69, 9.17) is 22.2 Å². The zero-order chi connectivity index (χ0) is 27.2. The quantitative estimate of drug-likeness (QED) is 0.0733. The first-order valence-corrected chi connectivity index (χ1v) is 10.4. The Balaban J connectivity index is 1.90. The lowest BCUT2D eigenvalue weighted by Gasteiger charge is -2.39. The number of nitrogens with one attached hydrogen (secondary N) is 2. The summed E-state index contributed by atoms with van der Waals surface area (Å²) in [6, 6.07) is 11.9. The van der Waals surface area contributed by atoms with Gasteiger partial charge in [0.15, 0.2) is 6.07 Å². The molecule has 0 fully saturated rings. The minimum Gasteiger partial charge on any atom is -0.314 e. The fourth-order valence-corrected chi connectivity index (χ4v) is 3.36. The molecule has 1 amide bonds. The Morgan fingerprint density at radius 2 is 1.76 bits per heavy atom. The van der Waals surface area contributed by atoms with Crippen LogP contribution in [0.25, 0.3) is 0 Å². The lowest BCUT2D eigenvalue weighted by atomic mass is 9.82. The molecule has 0 saturated heterocycles. The Labute approximate surface area is 209 Å². The van der Waals surface area contributed by atoms with E-state index in [1.54, 1.807) is 12.1 Å². The second kappa shape index (κ2) is 10.9. The van der Waals surface area contributed by atoms with Crippen LogP contribution in [0.15, 0.2) is 60.8 Å². The number of benzene rings is 2. The van der Waals surface area contributed by atoms with Crippen molar-refractivity contribution in [3.63, 3.8) is 0 Å². The van der Waals surface area contributed by atoms with Crippen molar-refractivity contribution < 1.29 is 22.4 Å². The summed E-state index contributed by atoms with van der Waals surface area (Å²) in [4.78, 5) is 14.9. The molecule has 0 spiro atoms.